The molecule has 0 N–H and O–H groups in total. The minimum absolute atomic E-state index is 0.175. The van der Waals surface area contributed by atoms with Crippen LogP contribution in [-0.4, -0.2) is 54.5 Å². The molecule has 22 heavy (non-hydrogen) atoms. The number of aliphatic imine (C=N–C) groups is 1. The zero-order valence-electron chi connectivity index (χ0n) is 14.7. The van der Waals surface area contributed by atoms with E-state index in [2.05, 4.69) is 25.8 Å². The second-order valence-corrected chi connectivity index (χ2v) is 8.01. The molecule has 0 aromatic heterocycles. The van der Waals surface area contributed by atoms with Crippen molar-refractivity contribution in [1.82, 2.24) is 4.90 Å². The SMILES string of the molecule is COC1=N[C@H](C(C)(C)C)N(C(=O)OC(C)(C)C)[C@H]1CC1CO1. The lowest BCUT2D eigenvalue weighted by atomic mass is 9.91. The summed E-state index contributed by atoms with van der Waals surface area (Å²) in [6.45, 7) is 12.5. The molecule has 2 rings (SSSR count). The summed E-state index contributed by atoms with van der Waals surface area (Å²) in [5, 5.41) is 0. The Morgan fingerprint density at radius 1 is 1.32 bits per heavy atom. The minimum atomic E-state index is -0.546. The number of hydrogen-bond acceptors (Lipinski definition) is 5. The van der Waals surface area contributed by atoms with Crippen molar-refractivity contribution in [3.63, 3.8) is 0 Å². The summed E-state index contributed by atoms with van der Waals surface area (Å²) in [6.07, 6.45) is 0.210. The van der Waals surface area contributed by atoms with Gasteiger partial charge in [0, 0.05) is 11.8 Å². The van der Waals surface area contributed by atoms with E-state index in [4.69, 9.17) is 14.2 Å². The maximum Gasteiger partial charge on any atom is 0.412 e. The van der Waals surface area contributed by atoms with Crippen molar-refractivity contribution >= 4 is 12.0 Å². The number of carbonyl (C=O) groups excluding carboxylic acids is 1. The molecule has 0 spiro atoms. The minimum Gasteiger partial charge on any atom is -0.483 e. The maximum atomic E-state index is 12.7. The summed E-state index contributed by atoms with van der Waals surface area (Å²) in [5.41, 5.74) is -0.754. The molecule has 1 fully saturated rings. The smallest absolute Gasteiger partial charge is 0.412 e. The molecule has 0 aliphatic carbocycles. The highest BCUT2D eigenvalue weighted by Crippen LogP contribution is 2.36. The van der Waals surface area contributed by atoms with Crippen LogP contribution in [0.25, 0.3) is 0 Å². The lowest BCUT2D eigenvalue weighted by Gasteiger charge is -2.36. The number of epoxide rings is 1. The van der Waals surface area contributed by atoms with Gasteiger partial charge in [-0.2, -0.15) is 0 Å². The van der Waals surface area contributed by atoms with E-state index in [9.17, 15) is 4.79 Å². The van der Waals surface area contributed by atoms with Crippen molar-refractivity contribution in [3.05, 3.63) is 0 Å². The van der Waals surface area contributed by atoms with Gasteiger partial charge in [0.1, 0.15) is 17.8 Å². The number of nitrogens with zero attached hydrogens (tertiary/aromatic N) is 2. The molecule has 2 aliphatic rings. The Morgan fingerprint density at radius 3 is 2.32 bits per heavy atom. The van der Waals surface area contributed by atoms with Gasteiger partial charge in [-0.05, 0) is 20.8 Å². The second kappa shape index (κ2) is 5.72. The molecule has 0 bridgehead atoms. The fourth-order valence-corrected chi connectivity index (χ4v) is 2.57. The van der Waals surface area contributed by atoms with Gasteiger partial charge >= 0.3 is 6.09 Å². The first-order chi connectivity index (χ1) is 10.0. The van der Waals surface area contributed by atoms with Gasteiger partial charge < -0.3 is 14.2 Å². The number of hydrogen-bond donors (Lipinski definition) is 0. The normalized spacial score (nSPS) is 28.4. The van der Waals surface area contributed by atoms with Crippen molar-refractivity contribution in [2.45, 2.75) is 71.9 Å². The van der Waals surface area contributed by atoms with Crippen molar-refractivity contribution in [3.8, 4) is 0 Å². The molecule has 0 saturated carbocycles. The summed E-state index contributed by atoms with van der Waals surface area (Å²) < 4.78 is 16.3. The highest BCUT2D eigenvalue weighted by molar-refractivity contribution is 5.88. The van der Waals surface area contributed by atoms with E-state index in [1.165, 1.54) is 0 Å². The van der Waals surface area contributed by atoms with Crippen molar-refractivity contribution < 1.29 is 19.0 Å². The van der Waals surface area contributed by atoms with Crippen LogP contribution in [0.4, 0.5) is 4.79 Å². The predicted molar refractivity (Wildman–Crippen MR) is 83.9 cm³/mol. The van der Waals surface area contributed by atoms with E-state index < -0.39 is 5.60 Å². The number of rotatable bonds is 2. The van der Waals surface area contributed by atoms with Crippen molar-refractivity contribution in [1.29, 1.82) is 0 Å². The van der Waals surface area contributed by atoms with E-state index in [-0.39, 0.29) is 29.8 Å². The molecule has 0 aromatic carbocycles. The molecule has 2 heterocycles. The first-order valence-electron chi connectivity index (χ1n) is 7.77. The summed E-state index contributed by atoms with van der Waals surface area (Å²) in [4.78, 5) is 19.1. The Labute approximate surface area is 132 Å². The van der Waals surface area contributed by atoms with Crippen molar-refractivity contribution in [2.75, 3.05) is 13.7 Å². The molecular weight excluding hydrogens is 284 g/mol. The quantitative estimate of drug-likeness (QED) is 0.736. The lowest BCUT2D eigenvalue weighted by Crippen LogP contribution is -2.51. The molecule has 3 atom stereocenters. The average Bonchev–Trinajstić information content (AvgIpc) is 3.04. The highest BCUT2D eigenvalue weighted by atomic mass is 16.6. The molecule has 0 aromatic rings. The van der Waals surface area contributed by atoms with Gasteiger partial charge in [0.05, 0.1) is 19.8 Å². The number of ether oxygens (including phenoxy) is 3. The molecule has 126 valence electrons. The van der Waals surface area contributed by atoms with Crippen LogP contribution in [-0.2, 0) is 14.2 Å². The summed E-state index contributed by atoms with van der Waals surface area (Å²) >= 11 is 0. The average molecular weight is 312 g/mol. The third-order valence-corrected chi connectivity index (χ3v) is 3.61. The Bertz CT molecular complexity index is 458. The summed E-state index contributed by atoms with van der Waals surface area (Å²) in [5.74, 6) is 0.585. The van der Waals surface area contributed by atoms with Gasteiger partial charge in [-0.1, -0.05) is 20.8 Å². The largest absolute Gasteiger partial charge is 0.483 e. The topological polar surface area (TPSA) is 63.7 Å². The molecule has 0 radical (unpaired) electrons. The van der Waals surface area contributed by atoms with Gasteiger partial charge in [0.25, 0.3) is 0 Å². The Kier molecular flexibility index (Phi) is 4.44. The fraction of sp³-hybridized carbons (Fsp3) is 0.875. The van der Waals surface area contributed by atoms with Gasteiger partial charge in [-0.15, -0.1) is 0 Å². The summed E-state index contributed by atoms with van der Waals surface area (Å²) in [7, 11) is 1.60. The van der Waals surface area contributed by atoms with E-state index >= 15 is 0 Å². The van der Waals surface area contributed by atoms with Crippen LogP contribution in [0.15, 0.2) is 4.99 Å². The number of methoxy groups -OCH3 is 1. The summed E-state index contributed by atoms with van der Waals surface area (Å²) in [6, 6.07) is -0.225. The predicted octanol–water partition coefficient (Wildman–Crippen LogP) is 2.81. The number of amides is 1. The molecule has 6 heteroatoms. The maximum absolute atomic E-state index is 12.7. The molecule has 1 saturated heterocycles. The first kappa shape index (κ1) is 17.1. The monoisotopic (exact) mass is 312 g/mol. The van der Waals surface area contributed by atoms with Crippen LogP contribution in [0.1, 0.15) is 48.0 Å². The zero-order chi connectivity index (χ0) is 16.7. The Morgan fingerprint density at radius 2 is 1.91 bits per heavy atom. The van der Waals surface area contributed by atoms with Gasteiger partial charge in [0.15, 0.2) is 0 Å². The van der Waals surface area contributed by atoms with Crippen LogP contribution in [0.5, 0.6) is 0 Å². The van der Waals surface area contributed by atoms with Gasteiger partial charge in [-0.25, -0.2) is 9.79 Å². The van der Waals surface area contributed by atoms with Gasteiger partial charge in [-0.3, -0.25) is 4.90 Å². The molecular formula is C16H28N2O4. The third kappa shape index (κ3) is 3.91. The fourth-order valence-electron chi connectivity index (χ4n) is 2.57. The standard InChI is InChI=1S/C16H28N2O4/c1-15(2,3)13-17-12(20-7)11(8-10-9-21-10)18(13)14(19)22-16(4,5)6/h10-11,13H,8-9H2,1-7H3/t10?,11-,13-/m0/s1. The van der Waals surface area contributed by atoms with Crippen LogP contribution in [0.3, 0.4) is 0 Å². The Balaban J connectivity index is 2.27. The third-order valence-electron chi connectivity index (χ3n) is 3.61. The van der Waals surface area contributed by atoms with E-state index in [1.807, 2.05) is 20.8 Å². The molecule has 1 amide bonds. The van der Waals surface area contributed by atoms with Crippen molar-refractivity contribution in [2.24, 2.45) is 10.4 Å². The molecule has 6 nitrogen and oxygen atoms in total. The second-order valence-electron chi connectivity index (χ2n) is 8.01. The Hall–Kier alpha value is -1.30. The molecule has 2 aliphatic heterocycles. The molecule has 1 unspecified atom stereocenters. The van der Waals surface area contributed by atoms with Crippen LogP contribution in [0, 0.1) is 5.41 Å². The van der Waals surface area contributed by atoms with Gasteiger partial charge in [0.2, 0.25) is 5.90 Å². The first-order valence-corrected chi connectivity index (χ1v) is 7.77. The highest BCUT2D eigenvalue weighted by Gasteiger charge is 2.49. The van der Waals surface area contributed by atoms with E-state index in [1.54, 1.807) is 12.0 Å². The van der Waals surface area contributed by atoms with Crippen LogP contribution < -0.4 is 0 Å². The van der Waals surface area contributed by atoms with Crippen LogP contribution >= 0.6 is 0 Å². The van der Waals surface area contributed by atoms with E-state index in [0.717, 1.165) is 6.61 Å². The number of carbonyl (C=O) groups is 1. The van der Waals surface area contributed by atoms with E-state index in [0.29, 0.717) is 12.3 Å². The lowest BCUT2D eigenvalue weighted by molar-refractivity contribution is 0.000852. The van der Waals surface area contributed by atoms with Crippen LogP contribution in [0.2, 0.25) is 0 Å². The zero-order valence-corrected chi connectivity index (χ0v) is 14.7.